The quantitative estimate of drug-likeness (QED) is 0.333. The summed E-state index contributed by atoms with van der Waals surface area (Å²) in [6.07, 6.45) is 3.32. The monoisotopic (exact) mass is 376 g/mol. The molecule has 1 aliphatic heterocycles. The van der Waals surface area contributed by atoms with E-state index in [1.165, 1.54) is 5.56 Å². The molecule has 0 radical (unpaired) electrons. The van der Waals surface area contributed by atoms with Crippen molar-refractivity contribution < 1.29 is 9.47 Å². The SMILES string of the molecule is CCNC(=NCCCOC1CCOC1)NCCCN(C)Cc1ccccc1. The van der Waals surface area contributed by atoms with Crippen molar-refractivity contribution in [2.45, 2.75) is 38.8 Å². The van der Waals surface area contributed by atoms with Crippen LogP contribution in [0.4, 0.5) is 0 Å². The van der Waals surface area contributed by atoms with Crippen LogP contribution in [0.1, 0.15) is 31.7 Å². The molecule has 0 amide bonds. The molecule has 0 aromatic heterocycles. The predicted octanol–water partition coefficient (Wildman–Crippen LogP) is 2.26. The number of hydrogen-bond donors (Lipinski definition) is 2. The molecule has 1 unspecified atom stereocenters. The number of guanidine groups is 1. The highest BCUT2D eigenvalue weighted by Gasteiger charge is 2.15. The molecular formula is C21H36N4O2. The van der Waals surface area contributed by atoms with Gasteiger partial charge in [-0.05, 0) is 45.3 Å². The fourth-order valence-electron chi connectivity index (χ4n) is 3.02. The first-order valence-corrected chi connectivity index (χ1v) is 10.2. The van der Waals surface area contributed by atoms with Crippen molar-refractivity contribution in [1.82, 2.24) is 15.5 Å². The van der Waals surface area contributed by atoms with E-state index in [1.54, 1.807) is 0 Å². The van der Waals surface area contributed by atoms with Gasteiger partial charge in [0.05, 0.1) is 12.7 Å². The molecular weight excluding hydrogens is 340 g/mol. The first-order chi connectivity index (χ1) is 13.3. The van der Waals surface area contributed by atoms with Gasteiger partial charge in [-0.3, -0.25) is 4.99 Å². The Hall–Kier alpha value is -1.63. The van der Waals surface area contributed by atoms with E-state index >= 15 is 0 Å². The molecule has 0 spiro atoms. The van der Waals surface area contributed by atoms with E-state index in [4.69, 9.17) is 9.47 Å². The van der Waals surface area contributed by atoms with Crippen LogP contribution in [0.15, 0.2) is 35.3 Å². The summed E-state index contributed by atoms with van der Waals surface area (Å²) < 4.78 is 11.1. The number of nitrogens with one attached hydrogen (secondary N) is 2. The van der Waals surface area contributed by atoms with Crippen LogP contribution < -0.4 is 10.6 Å². The van der Waals surface area contributed by atoms with Gasteiger partial charge in [-0.25, -0.2) is 0 Å². The molecule has 1 atom stereocenters. The molecule has 6 heteroatoms. The molecule has 6 nitrogen and oxygen atoms in total. The summed E-state index contributed by atoms with van der Waals surface area (Å²) in [6.45, 7) is 9.02. The fraction of sp³-hybridized carbons (Fsp3) is 0.667. The second kappa shape index (κ2) is 13.5. The topological polar surface area (TPSA) is 58.1 Å². The largest absolute Gasteiger partial charge is 0.379 e. The van der Waals surface area contributed by atoms with Crippen LogP contribution in [-0.2, 0) is 16.0 Å². The van der Waals surface area contributed by atoms with Crippen molar-refractivity contribution >= 4 is 5.96 Å². The van der Waals surface area contributed by atoms with Gasteiger partial charge in [0.2, 0.25) is 0 Å². The van der Waals surface area contributed by atoms with E-state index in [1.807, 2.05) is 0 Å². The molecule has 1 fully saturated rings. The standard InChI is InChI=1S/C21H36N4O2/c1-3-22-21(24-13-8-15-27-20-11-16-26-18-20)23-12-7-14-25(2)17-19-9-5-4-6-10-19/h4-6,9-10,20H,3,7-8,11-18H2,1-2H3,(H2,22,23,24). The Morgan fingerprint density at radius 1 is 1.26 bits per heavy atom. The second-order valence-electron chi connectivity index (χ2n) is 6.97. The summed E-state index contributed by atoms with van der Waals surface area (Å²) in [5.74, 6) is 0.896. The number of benzene rings is 1. The van der Waals surface area contributed by atoms with Gasteiger partial charge >= 0.3 is 0 Å². The average Bonchev–Trinajstić information content (AvgIpc) is 3.19. The summed E-state index contributed by atoms with van der Waals surface area (Å²) in [5.41, 5.74) is 1.36. The van der Waals surface area contributed by atoms with Gasteiger partial charge in [-0.15, -0.1) is 0 Å². The molecule has 2 rings (SSSR count). The van der Waals surface area contributed by atoms with Crippen LogP contribution in [0.2, 0.25) is 0 Å². The summed E-state index contributed by atoms with van der Waals surface area (Å²) in [7, 11) is 2.17. The van der Waals surface area contributed by atoms with Crippen LogP contribution in [0, 0.1) is 0 Å². The summed E-state index contributed by atoms with van der Waals surface area (Å²) >= 11 is 0. The van der Waals surface area contributed by atoms with Gasteiger partial charge in [0.15, 0.2) is 5.96 Å². The lowest BCUT2D eigenvalue weighted by Crippen LogP contribution is -2.38. The van der Waals surface area contributed by atoms with Gasteiger partial charge in [-0.1, -0.05) is 30.3 Å². The Kier molecular flexibility index (Phi) is 10.9. The molecule has 1 heterocycles. The minimum atomic E-state index is 0.285. The smallest absolute Gasteiger partial charge is 0.191 e. The molecule has 1 aromatic carbocycles. The molecule has 1 aromatic rings. The minimum Gasteiger partial charge on any atom is -0.379 e. The molecule has 0 aliphatic carbocycles. The van der Waals surface area contributed by atoms with Crippen molar-refractivity contribution in [3.63, 3.8) is 0 Å². The maximum atomic E-state index is 5.78. The molecule has 2 N–H and O–H groups in total. The first kappa shape index (κ1) is 21.7. The maximum absolute atomic E-state index is 5.78. The van der Waals surface area contributed by atoms with Gasteiger partial charge in [0.25, 0.3) is 0 Å². The van der Waals surface area contributed by atoms with Crippen LogP contribution in [0.25, 0.3) is 0 Å². The van der Waals surface area contributed by atoms with Crippen LogP contribution >= 0.6 is 0 Å². The molecule has 0 bridgehead atoms. The van der Waals surface area contributed by atoms with E-state index in [9.17, 15) is 0 Å². The van der Waals surface area contributed by atoms with Crippen molar-refractivity contribution in [1.29, 1.82) is 0 Å². The lowest BCUT2D eigenvalue weighted by Gasteiger charge is -2.17. The Morgan fingerprint density at radius 2 is 2.11 bits per heavy atom. The molecule has 27 heavy (non-hydrogen) atoms. The van der Waals surface area contributed by atoms with Gasteiger partial charge in [-0.2, -0.15) is 0 Å². The summed E-state index contributed by atoms with van der Waals surface area (Å²) in [6, 6.07) is 10.6. The highest BCUT2D eigenvalue weighted by molar-refractivity contribution is 5.79. The van der Waals surface area contributed by atoms with Gasteiger partial charge in [0, 0.05) is 39.4 Å². The summed E-state index contributed by atoms with van der Waals surface area (Å²) in [5, 5.41) is 6.73. The number of rotatable bonds is 12. The molecule has 1 aliphatic rings. The second-order valence-corrected chi connectivity index (χ2v) is 6.97. The third-order valence-electron chi connectivity index (χ3n) is 4.46. The highest BCUT2D eigenvalue weighted by atomic mass is 16.5. The van der Waals surface area contributed by atoms with Gasteiger partial charge < -0.3 is 25.0 Å². The van der Waals surface area contributed by atoms with E-state index in [0.717, 1.165) is 77.8 Å². The number of nitrogens with zero attached hydrogens (tertiary/aromatic N) is 2. The summed E-state index contributed by atoms with van der Waals surface area (Å²) in [4.78, 5) is 6.98. The van der Waals surface area contributed by atoms with Crippen LogP contribution in [-0.4, -0.2) is 70.0 Å². The van der Waals surface area contributed by atoms with E-state index in [2.05, 4.69) is 64.8 Å². The average molecular weight is 377 g/mol. The van der Waals surface area contributed by atoms with Crippen molar-refractivity contribution in [2.75, 3.05) is 53.0 Å². The Labute approximate surface area is 164 Å². The van der Waals surface area contributed by atoms with E-state index in [0.29, 0.717) is 0 Å². The lowest BCUT2D eigenvalue weighted by molar-refractivity contribution is 0.0424. The van der Waals surface area contributed by atoms with Crippen molar-refractivity contribution in [2.24, 2.45) is 4.99 Å². The normalized spacial score (nSPS) is 17.4. The molecule has 152 valence electrons. The first-order valence-electron chi connectivity index (χ1n) is 10.2. The number of hydrogen-bond acceptors (Lipinski definition) is 4. The Morgan fingerprint density at radius 3 is 2.85 bits per heavy atom. The zero-order valence-corrected chi connectivity index (χ0v) is 17.0. The predicted molar refractivity (Wildman–Crippen MR) is 111 cm³/mol. The third kappa shape index (κ3) is 9.75. The number of ether oxygens (including phenoxy) is 2. The molecule has 0 saturated carbocycles. The van der Waals surface area contributed by atoms with Crippen LogP contribution in [0.5, 0.6) is 0 Å². The highest BCUT2D eigenvalue weighted by Crippen LogP contribution is 2.08. The zero-order valence-electron chi connectivity index (χ0n) is 17.0. The lowest BCUT2D eigenvalue weighted by atomic mass is 10.2. The van der Waals surface area contributed by atoms with Crippen LogP contribution in [0.3, 0.4) is 0 Å². The Bertz CT molecular complexity index is 518. The molecule has 1 saturated heterocycles. The van der Waals surface area contributed by atoms with Crippen molar-refractivity contribution in [3.05, 3.63) is 35.9 Å². The fourth-order valence-corrected chi connectivity index (χ4v) is 3.02. The zero-order chi connectivity index (χ0) is 19.2. The Balaban J connectivity index is 1.55. The maximum Gasteiger partial charge on any atom is 0.191 e. The van der Waals surface area contributed by atoms with Gasteiger partial charge in [0.1, 0.15) is 0 Å². The van der Waals surface area contributed by atoms with E-state index in [-0.39, 0.29) is 6.10 Å². The number of aliphatic imine (C=N–C) groups is 1. The third-order valence-corrected chi connectivity index (χ3v) is 4.46. The van der Waals surface area contributed by atoms with Crippen molar-refractivity contribution in [3.8, 4) is 0 Å². The minimum absolute atomic E-state index is 0.285. The van der Waals surface area contributed by atoms with E-state index < -0.39 is 0 Å².